The molecule has 0 heterocycles. The molecule has 0 nitrogen and oxygen atoms in total. The summed E-state index contributed by atoms with van der Waals surface area (Å²) in [7, 11) is 0. The third-order valence-corrected chi connectivity index (χ3v) is 3.26. The van der Waals surface area contributed by atoms with Gasteiger partial charge in [-0.3, -0.25) is 0 Å². The molecule has 0 amide bonds. The first kappa shape index (κ1) is 17.0. The van der Waals surface area contributed by atoms with Crippen molar-refractivity contribution in [3.63, 3.8) is 0 Å². The van der Waals surface area contributed by atoms with Gasteiger partial charge in [-0.1, -0.05) is 31.8 Å². The van der Waals surface area contributed by atoms with Crippen LogP contribution in [-0.2, 0) is 0 Å². The van der Waals surface area contributed by atoms with Crippen LogP contribution >= 0.6 is 11.8 Å². The zero-order valence-electron chi connectivity index (χ0n) is 12.4. The Labute approximate surface area is 123 Å². The van der Waals surface area contributed by atoms with Crippen molar-refractivity contribution in [2.24, 2.45) is 5.41 Å². The number of alkyl halides is 3. The fourth-order valence-corrected chi connectivity index (χ4v) is 2.14. The van der Waals surface area contributed by atoms with Crippen LogP contribution in [0.5, 0.6) is 0 Å². The first-order valence-corrected chi connectivity index (χ1v) is 7.22. The quantitative estimate of drug-likeness (QED) is 0.490. The molecule has 0 saturated carbocycles. The van der Waals surface area contributed by atoms with Gasteiger partial charge in [0.05, 0.1) is 0 Å². The fourth-order valence-electron chi connectivity index (χ4n) is 1.47. The summed E-state index contributed by atoms with van der Waals surface area (Å²) in [6, 6.07) is 5.12. The molecule has 110 valence electrons. The van der Waals surface area contributed by atoms with E-state index in [0.29, 0.717) is 5.56 Å². The summed E-state index contributed by atoms with van der Waals surface area (Å²) >= 11 is -0.0930. The van der Waals surface area contributed by atoms with Crippen LogP contribution in [0.25, 0.3) is 0 Å². The van der Waals surface area contributed by atoms with Crippen LogP contribution in [0.3, 0.4) is 0 Å². The Balaban J connectivity index is 3.25. The summed E-state index contributed by atoms with van der Waals surface area (Å²) in [6.45, 7) is 9.70. The molecule has 0 radical (unpaired) electrons. The first-order chi connectivity index (χ1) is 8.98. The van der Waals surface area contributed by atoms with Crippen molar-refractivity contribution >= 4 is 11.8 Å². The lowest BCUT2D eigenvalue weighted by molar-refractivity contribution is -0.0328. The van der Waals surface area contributed by atoms with E-state index in [9.17, 15) is 13.2 Å². The minimum Gasteiger partial charge on any atom is -0.160 e. The molecule has 4 heteroatoms. The Morgan fingerprint density at radius 2 is 1.70 bits per heavy atom. The number of hydrogen-bond acceptors (Lipinski definition) is 1. The van der Waals surface area contributed by atoms with Crippen molar-refractivity contribution in [2.75, 3.05) is 0 Å². The summed E-state index contributed by atoms with van der Waals surface area (Å²) in [6.07, 6.45) is 0. The standard InChI is InChI=1S/C16H19F3S/c1-11(2)13-7-6-12(8-9-15(3,4)5)14(10-13)20-16(17,18)19/h6-7,10-11H,1-5H3. The molecule has 1 rings (SSSR count). The van der Waals surface area contributed by atoms with Crippen molar-refractivity contribution < 1.29 is 13.2 Å². The molecular formula is C16H19F3S. The molecule has 0 N–H and O–H groups in total. The van der Waals surface area contributed by atoms with Gasteiger partial charge in [0, 0.05) is 15.9 Å². The van der Waals surface area contributed by atoms with E-state index in [1.807, 2.05) is 40.7 Å². The number of thioether (sulfide) groups is 1. The predicted molar refractivity (Wildman–Crippen MR) is 78.8 cm³/mol. The van der Waals surface area contributed by atoms with E-state index >= 15 is 0 Å². The molecule has 0 fully saturated rings. The average molecular weight is 300 g/mol. The molecular weight excluding hydrogens is 281 g/mol. The maximum atomic E-state index is 12.6. The molecule has 0 aliphatic heterocycles. The Kier molecular flexibility index (Phi) is 5.21. The highest BCUT2D eigenvalue weighted by Crippen LogP contribution is 2.39. The van der Waals surface area contributed by atoms with Gasteiger partial charge in [0.2, 0.25) is 0 Å². The van der Waals surface area contributed by atoms with Crippen LogP contribution in [0.4, 0.5) is 13.2 Å². The number of hydrogen-bond donors (Lipinski definition) is 0. The molecule has 0 unspecified atom stereocenters. The minimum absolute atomic E-state index is 0.0930. The van der Waals surface area contributed by atoms with Gasteiger partial charge >= 0.3 is 5.51 Å². The Bertz CT molecular complexity index is 525. The maximum Gasteiger partial charge on any atom is 0.446 e. The third-order valence-electron chi connectivity index (χ3n) is 2.47. The van der Waals surface area contributed by atoms with Crippen LogP contribution in [0.2, 0.25) is 0 Å². The zero-order chi connectivity index (χ0) is 15.6. The first-order valence-electron chi connectivity index (χ1n) is 6.41. The number of rotatable bonds is 2. The summed E-state index contributed by atoms with van der Waals surface area (Å²) in [5, 5.41) is 0. The molecule has 1 aromatic carbocycles. The van der Waals surface area contributed by atoms with E-state index in [4.69, 9.17) is 0 Å². The average Bonchev–Trinajstić information content (AvgIpc) is 2.23. The fraction of sp³-hybridized carbons (Fsp3) is 0.500. The topological polar surface area (TPSA) is 0 Å². The summed E-state index contributed by atoms with van der Waals surface area (Å²) < 4.78 is 37.9. The monoisotopic (exact) mass is 300 g/mol. The number of halogens is 3. The maximum absolute atomic E-state index is 12.6. The van der Waals surface area contributed by atoms with Crippen LogP contribution in [0.15, 0.2) is 23.1 Å². The van der Waals surface area contributed by atoms with Gasteiger partial charge in [-0.15, -0.1) is 0 Å². The van der Waals surface area contributed by atoms with Gasteiger partial charge in [-0.05, 0) is 56.1 Å². The second kappa shape index (κ2) is 6.13. The van der Waals surface area contributed by atoms with E-state index in [0.717, 1.165) is 5.56 Å². The van der Waals surface area contributed by atoms with E-state index in [2.05, 4.69) is 11.8 Å². The normalized spacial score (nSPS) is 12.2. The van der Waals surface area contributed by atoms with Gasteiger partial charge in [0.1, 0.15) is 0 Å². The van der Waals surface area contributed by atoms with Crippen LogP contribution in [0.1, 0.15) is 51.7 Å². The van der Waals surface area contributed by atoms with Crippen molar-refractivity contribution in [2.45, 2.75) is 50.9 Å². The van der Waals surface area contributed by atoms with Crippen molar-refractivity contribution in [1.29, 1.82) is 0 Å². The molecule has 0 aliphatic carbocycles. The third kappa shape index (κ3) is 5.92. The predicted octanol–water partition coefficient (Wildman–Crippen LogP) is 5.82. The summed E-state index contributed by atoms with van der Waals surface area (Å²) in [5.74, 6) is 6.04. The van der Waals surface area contributed by atoms with Gasteiger partial charge in [0.15, 0.2) is 0 Å². The Morgan fingerprint density at radius 3 is 2.15 bits per heavy atom. The molecule has 1 aromatic rings. The van der Waals surface area contributed by atoms with Gasteiger partial charge < -0.3 is 0 Å². The highest BCUT2D eigenvalue weighted by Gasteiger charge is 2.30. The Morgan fingerprint density at radius 1 is 1.10 bits per heavy atom. The van der Waals surface area contributed by atoms with Crippen molar-refractivity contribution in [3.05, 3.63) is 29.3 Å². The lowest BCUT2D eigenvalue weighted by atomic mass is 9.97. The highest BCUT2D eigenvalue weighted by molar-refractivity contribution is 8.00. The molecule has 0 bridgehead atoms. The molecule has 0 saturated heterocycles. The number of benzene rings is 1. The van der Waals surface area contributed by atoms with Crippen molar-refractivity contribution in [3.8, 4) is 11.8 Å². The van der Waals surface area contributed by atoms with Gasteiger partial charge in [-0.25, -0.2) is 0 Å². The smallest absolute Gasteiger partial charge is 0.160 e. The molecule has 0 atom stereocenters. The van der Waals surface area contributed by atoms with E-state index in [1.165, 1.54) is 0 Å². The minimum atomic E-state index is -4.30. The van der Waals surface area contributed by atoms with Crippen LogP contribution in [-0.4, -0.2) is 5.51 Å². The molecule has 20 heavy (non-hydrogen) atoms. The molecule has 0 spiro atoms. The Hall–Kier alpha value is -1.08. The summed E-state index contributed by atoms with van der Waals surface area (Å²) in [5.41, 5.74) is -3.21. The lowest BCUT2D eigenvalue weighted by Gasteiger charge is -2.12. The highest BCUT2D eigenvalue weighted by atomic mass is 32.2. The second-order valence-electron chi connectivity index (χ2n) is 5.96. The molecule has 0 aromatic heterocycles. The largest absolute Gasteiger partial charge is 0.446 e. The van der Waals surface area contributed by atoms with Crippen LogP contribution < -0.4 is 0 Å². The van der Waals surface area contributed by atoms with Crippen LogP contribution in [0, 0.1) is 17.3 Å². The van der Waals surface area contributed by atoms with E-state index in [-0.39, 0.29) is 28.0 Å². The van der Waals surface area contributed by atoms with E-state index < -0.39 is 5.51 Å². The van der Waals surface area contributed by atoms with Crippen molar-refractivity contribution in [1.82, 2.24) is 0 Å². The lowest BCUT2D eigenvalue weighted by Crippen LogP contribution is -2.02. The zero-order valence-corrected chi connectivity index (χ0v) is 13.2. The van der Waals surface area contributed by atoms with Gasteiger partial charge in [0.25, 0.3) is 0 Å². The second-order valence-corrected chi connectivity index (χ2v) is 7.06. The molecule has 0 aliphatic rings. The summed E-state index contributed by atoms with van der Waals surface area (Å²) in [4.78, 5) is 0.181. The van der Waals surface area contributed by atoms with E-state index in [1.54, 1.807) is 12.1 Å². The SMILES string of the molecule is CC(C)c1ccc(C#CC(C)(C)C)c(SC(F)(F)F)c1. The van der Waals surface area contributed by atoms with Gasteiger partial charge in [-0.2, -0.15) is 13.2 Å².